The Hall–Kier alpha value is -2.18. The Labute approximate surface area is 161 Å². The van der Waals surface area contributed by atoms with Crippen molar-refractivity contribution in [3.63, 3.8) is 0 Å². The Kier molecular flexibility index (Phi) is 6.19. The first kappa shape index (κ1) is 17.6. The maximum absolute atomic E-state index is 12.4. The summed E-state index contributed by atoms with van der Waals surface area (Å²) in [6.07, 6.45) is 0. The highest BCUT2D eigenvalue weighted by Crippen LogP contribution is 2.18. The zero-order valence-corrected chi connectivity index (χ0v) is 15.9. The van der Waals surface area contributed by atoms with Gasteiger partial charge in [0, 0.05) is 14.7 Å². The number of rotatable bonds is 6. The number of benzene rings is 3. The average molecular weight is 443 g/mol. The van der Waals surface area contributed by atoms with Gasteiger partial charge >= 0.3 is 0 Å². The monoisotopic (exact) mass is 443 g/mol. The fourth-order valence-electron chi connectivity index (χ4n) is 2.77. The van der Waals surface area contributed by atoms with Gasteiger partial charge in [0.25, 0.3) is 5.91 Å². The lowest BCUT2D eigenvalue weighted by molar-refractivity contribution is -0.676. The van der Waals surface area contributed by atoms with Gasteiger partial charge < -0.3 is 10.6 Å². The highest BCUT2D eigenvalue weighted by atomic mass is 127. The molecular weight excluding hydrogens is 423 g/mol. The third-order valence-corrected chi connectivity index (χ3v) is 4.94. The van der Waals surface area contributed by atoms with Gasteiger partial charge in [-0.1, -0.05) is 72.8 Å². The second kappa shape index (κ2) is 8.78. The molecule has 0 aliphatic rings. The van der Waals surface area contributed by atoms with E-state index in [4.69, 9.17) is 0 Å². The highest BCUT2D eigenvalue weighted by molar-refractivity contribution is 14.1. The molecule has 0 saturated heterocycles. The Morgan fingerprint density at radius 3 is 1.92 bits per heavy atom. The van der Waals surface area contributed by atoms with Crippen molar-refractivity contribution in [1.29, 1.82) is 0 Å². The zero-order valence-electron chi connectivity index (χ0n) is 13.7. The number of hydrogen-bond acceptors (Lipinski definition) is 1. The van der Waals surface area contributed by atoms with Crippen LogP contribution in [0.3, 0.4) is 0 Å². The summed E-state index contributed by atoms with van der Waals surface area (Å²) in [5.41, 5.74) is 3.24. The molecule has 0 bridgehead atoms. The molecule has 3 nitrogen and oxygen atoms in total. The second-order valence-electron chi connectivity index (χ2n) is 5.77. The fourth-order valence-corrected chi connectivity index (χ4v) is 3.30. The largest absolute Gasteiger partial charge is 0.328 e. The Bertz CT molecular complexity index is 782. The highest BCUT2D eigenvalue weighted by Gasteiger charge is 2.18. The van der Waals surface area contributed by atoms with Gasteiger partial charge in [0.15, 0.2) is 6.54 Å². The van der Waals surface area contributed by atoms with Crippen molar-refractivity contribution in [3.05, 3.63) is 99.6 Å². The van der Waals surface area contributed by atoms with Gasteiger partial charge in [0.1, 0.15) is 6.04 Å². The van der Waals surface area contributed by atoms with Crippen molar-refractivity contribution in [2.75, 3.05) is 11.9 Å². The molecule has 3 aromatic rings. The van der Waals surface area contributed by atoms with Gasteiger partial charge in [0.05, 0.1) is 5.69 Å². The number of halogens is 1. The summed E-state index contributed by atoms with van der Waals surface area (Å²) < 4.78 is 1.04. The molecule has 1 amide bonds. The third-order valence-electron chi connectivity index (χ3n) is 4.00. The van der Waals surface area contributed by atoms with Crippen molar-refractivity contribution >= 4 is 34.2 Å². The van der Waals surface area contributed by atoms with Crippen LogP contribution >= 0.6 is 22.6 Å². The van der Waals surface area contributed by atoms with E-state index in [1.165, 1.54) is 11.1 Å². The summed E-state index contributed by atoms with van der Waals surface area (Å²) in [7, 11) is 0. The molecule has 0 unspecified atom stereocenters. The molecule has 0 radical (unpaired) electrons. The average Bonchev–Trinajstić information content (AvgIpc) is 2.66. The van der Waals surface area contributed by atoms with Crippen LogP contribution in [0.5, 0.6) is 0 Å². The molecule has 0 aliphatic carbocycles. The first-order valence-corrected chi connectivity index (χ1v) is 9.29. The van der Waals surface area contributed by atoms with Crippen molar-refractivity contribution in [1.82, 2.24) is 0 Å². The lowest BCUT2D eigenvalue weighted by Crippen LogP contribution is -2.87. The molecule has 0 saturated carbocycles. The summed E-state index contributed by atoms with van der Waals surface area (Å²) in [6, 6.07) is 28.5. The number of hydrogen-bond donors (Lipinski definition) is 2. The van der Waals surface area contributed by atoms with Crippen molar-refractivity contribution in [3.8, 4) is 0 Å². The van der Waals surface area contributed by atoms with Crippen molar-refractivity contribution < 1.29 is 10.1 Å². The van der Waals surface area contributed by atoms with Crippen LogP contribution in [0.15, 0.2) is 84.9 Å². The Morgan fingerprint density at radius 2 is 1.36 bits per heavy atom. The summed E-state index contributed by atoms with van der Waals surface area (Å²) >= 11 is 2.23. The number of amides is 1. The number of para-hydroxylation sites is 1. The van der Waals surface area contributed by atoms with Crippen LogP contribution in [0.25, 0.3) is 0 Å². The molecule has 0 fully saturated rings. The SMILES string of the molecule is O=C(C[NH2+]C(c1ccccc1)c1ccccc1)Nc1ccccc1I. The van der Waals surface area contributed by atoms with Crippen LogP contribution in [0, 0.1) is 3.57 Å². The van der Waals surface area contributed by atoms with E-state index in [-0.39, 0.29) is 11.9 Å². The van der Waals surface area contributed by atoms with E-state index in [1.54, 1.807) is 0 Å². The number of carbonyl (C=O) groups excluding carboxylic acids is 1. The van der Waals surface area contributed by atoms with E-state index in [2.05, 4.69) is 57.5 Å². The van der Waals surface area contributed by atoms with E-state index in [9.17, 15) is 4.79 Å². The number of carbonyl (C=O) groups is 1. The molecule has 126 valence electrons. The number of anilines is 1. The molecule has 0 aromatic heterocycles. The molecule has 3 N–H and O–H groups in total. The molecule has 3 aromatic carbocycles. The molecular formula is C21H20IN2O+. The summed E-state index contributed by atoms with van der Waals surface area (Å²) in [5, 5.41) is 5.07. The predicted molar refractivity (Wildman–Crippen MR) is 109 cm³/mol. The minimum Gasteiger partial charge on any atom is -0.328 e. The smallest absolute Gasteiger partial charge is 0.279 e. The lowest BCUT2D eigenvalue weighted by atomic mass is 9.99. The quantitative estimate of drug-likeness (QED) is 0.563. The molecule has 25 heavy (non-hydrogen) atoms. The molecule has 4 heteroatoms. The summed E-state index contributed by atoms with van der Waals surface area (Å²) in [5.74, 6) is 0.000906. The lowest BCUT2D eigenvalue weighted by Gasteiger charge is -2.16. The van der Waals surface area contributed by atoms with Gasteiger partial charge in [-0.25, -0.2) is 0 Å². The topological polar surface area (TPSA) is 45.7 Å². The van der Waals surface area contributed by atoms with Crippen LogP contribution in [-0.4, -0.2) is 12.5 Å². The normalized spacial score (nSPS) is 10.6. The van der Waals surface area contributed by atoms with Crippen LogP contribution in [-0.2, 0) is 4.79 Å². The maximum Gasteiger partial charge on any atom is 0.279 e. The minimum absolute atomic E-state index is 0.000906. The van der Waals surface area contributed by atoms with Gasteiger partial charge in [-0.05, 0) is 34.7 Å². The molecule has 3 rings (SSSR count). The van der Waals surface area contributed by atoms with E-state index in [0.717, 1.165) is 9.26 Å². The van der Waals surface area contributed by atoms with Crippen LogP contribution in [0.2, 0.25) is 0 Å². The zero-order chi connectivity index (χ0) is 17.5. The number of nitrogens with two attached hydrogens (primary N) is 1. The number of nitrogens with one attached hydrogen (secondary N) is 1. The van der Waals surface area contributed by atoms with E-state index in [0.29, 0.717) is 6.54 Å². The first-order chi connectivity index (χ1) is 12.2. The third kappa shape index (κ3) is 4.90. The van der Waals surface area contributed by atoms with E-state index < -0.39 is 0 Å². The van der Waals surface area contributed by atoms with E-state index in [1.807, 2.05) is 60.7 Å². The van der Waals surface area contributed by atoms with Crippen LogP contribution in [0.1, 0.15) is 17.2 Å². The van der Waals surface area contributed by atoms with Crippen molar-refractivity contribution in [2.24, 2.45) is 0 Å². The standard InChI is InChI=1S/C21H19IN2O/c22-18-13-7-8-14-19(18)24-20(25)15-23-21(16-9-3-1-4-10-16)17-11-5-2-6-12-17/h1-14,21,23H,15H2,(H,24,25)/p+1. The Balaban J connectivity index is 1.71. The molecule has 0 heterocycles. The second-order valence-corrected chi connectivity index (χ2v) is 6.93. The summed E-state index contributed by atoms with van der Waals surface area (Å²) in [6.45, 7) is 0.361. The maximum atomic E-state index is 12.4. The summed E-state index contributed by atoms with van der Waals surface area (Å²) in [4.78, 5) is 12.4. The fraction of sp³-hybridized carbons (Fsp3) is 0.0952. The molecule has 0 spiro atoms. The Morgan fingerprint density at radius 1 is 0.840 bits per heavy atom. The molecule has 0 aliphatic heterocycles. The van der Waals surface area contributed by atoms with Crippen LogP contribution < -0.4 is 10.6 Å². The van der Waals surface area contributed by atoms with Gasteiger partial charge in [-0.2, -0.15) is 0 Å². The molecule has 0 atom stereocenters. The number of quaternary nitrogens is 1. The van der Waals surface area contributed by atoms with Gasteiger partial charge in [-0.3, -0.25) is 4.79 Å². The first-order valence-electron chi connectivity index (χ1n) is 8.21. The van der Waals surface area contributed by atoms with Crippen molar-refractivity contribution in [2.45, 2.75) is 6.04 Å². The van der Waals surface area contributed by atoms with Gasteiger partial charge in [-0.15, -0.1) is 0 Å². The minimum atomic E-state index is 0.000906. The van der Waals surface area contributed by atoms with E-state index >= 15 is 0 Å². The predicted octanol–water partition coefficient (Wildman–Crippen LogP) is 3.58. The van der Waals surface area contributed by atoms with Crippen LogP contribution in [0.4, 0.5) is 5.69 Å². The van der Waals surface area contributed by atoms with Gasteiger partial charge in [0.2, 0.25) is 0 Å².